The summed E-state index contributed by atoms with van der Waals surface area (Å²) in [6.45, 7) is 4.47. The Balaban J connectivity index is 1.52. The van der Waals surface area contributed by atoms with Crippen molar-refractivity contribution in [2.75, 3.05) is 42.0 Å². The van der Waals surface area contributed by atoms with Gasteiger partial charge in [0.05, 0.1) is 23.9 Å². The molecule has 4 heterocycles. The Morgan fingerprint density at radius 2 is 1.72 bits per heavy atom. The van der Waals surface area contributed by atoms with Crippen LogP contribution < -0.4 is 13.9 Å². The molecule has 1 amide bonds. The van der Waals surface area contributed by atoms with E-state index in [0.717, 1.165) is 22.1 Å². The Kier molecular flexibility index (Phi) is 8.15. The number of anilines is 2. The number of hydrogen-bond donors (Lipinski definition) is 0. The minimum Gasteiger partial charge on any atom is -0.493 e. The van der Waals surface area contributed by atoms with Gasteiger partial charge in [0.2, 0.25) is 0 Å². The van der Waals surface area contributed by atoms with Gasteiger partial charge in [0, 0.05) is 55.4 Å². The molecule has 2 aromatic heterocycles. The molecule has 0 bridgehead atoms. The zero-order chi connectivity index (χ0) is 33.6. The summed E-state index contributed by atoms with van der Waals surface area (Å²) in [5.41, 5.74) is -0.857. The Hall–Kier alpha value is -5.00. The van der Waals surface area contributed by atoms with Gasteiger partial charge >= 0.3 is 6.18 Å². The number of amides is 1. The van der Waals surface area contributed by atoms with E-state index in [1.54, 1.807) is 49.1 Å². The zero-order valence-electron chi connectivity index (χ0n) is 25.4. The number of rotatable bonds is 7. The SMILES string of the molecule is CCOc1ccccc1C1(N2CCN(c3ccnc(C(F)(F)F)c3)CC2)C(=O)N(S(=O)(=O)c2ccc(C)cn2)c2ccc(C#N)cc21. The maximum atomic E-state index is 15.1. The molecule has 0 spiro atoms. The highest BCUT2D eigenvalue weighted by molar-refractivity contribution is 7.93. The number of benzene rings is 2. The molecule has 10 nitrogen and oxygen atoms in total. The molecule has 14 heteroatoms. The Morgan fingerprint density at radius 1 is 0.979 bits per heavy atom. The standard InChI is InChI=1S/C33H29F3N6O4S/c1-3-46-28-7-5-4-6-25(28)32(41-16-14-40(15-17-41)24-12-13-38-29(19-24)33(34,35)36)26-18-23(20-37)9-10-27(26)42(31(32)43)47(44,45)30-11-8-22(2)21-39-30/h4-13,18-19,21H,3,14-17H2,1-2H3. The maximum absolute atomic E-state index is 15.1. The van der Waals surface area contributed by atoms with Gasteiger partial charge in [0.1, 0.15) is 11.4 Å². The van der Waals surface area contributed by atoms with Crippen LogP contribution in [0.15, 0.2) is 84.1 Å². The third-order valence-corrected chi connectivity index (χ3v) is 9.96. The van der Waals surface area contributed by atoms with E-state index >= 15 is 4.79 Å². The fourth-order valence-electron chi connectivity index (χ4n) is 6.24. The van der Waals surface area contributed by atoms with Crippen LogP contribution in [0.5, 0.6) is 5.75 Å². The van der Waals surface area contributed by atoms with Gasteiger partial charge in [0.15, 0.2) is 10.6 Å². The van der Waals surface area contributed by atoms with E-state index in [1.807, 2.05) is 4.90 Å². The molecular weight excluding hydrogens is 633 g/mol. The molecule has 0 aliphatic carbocycles. The van der Waals surface area contributed by atoms with Gasteiger partial charge in [-0.25, -0.2) is 4.98 Å². The summed E-state index contributed by atoms with van der Waals surface area (Å²) in [5.74, 6) is -0.468. The molecule has 47 heavy (non-hydrogen) atoms. The maximum Gasteiger partial charge on any atom is 0.433 e. The molecule has 4 aromatic rings. The van der Waals surface area contributed by atoms with Crippen LogP contribution in [0.1, 0.15) is 34.9 Å². The number of carbonyl (C=O) groups excluding carboxylic acids is 1. The predicted molar refractivity (Wildman–Crippen MR) is 166 cm³/mol. The smallest absolute Gasteiger partial charge is 0.433 e. The van der Waals surface area contributed by atoms with Crippen LogP contribution >= 0.6 is 0 Å². The number of nitriles is 1. The number of halogens is 3. The van der Waals surface area contributed by atoms with E-state index in [9.17, 15) is 26.9 Å². The number of fused-ring (bicyclic) bond motifs is 1. The van der Waals surface area contributed by atoms with Crippen LogP contribution in [0.25, 0.3) is 0 Å². The average Bonchev–Trinajstić information content (AvgIpc) is 3.33. The monoisotopic (exact) mass is 662 g/mol. The van der Waals surface area contributed by atoms with Gasteiger partial charge in [-0.1, -0.05) is 24.3 Å². The Labute approximate surface area is 269 Å². The van der Waals surface area contributed by atoms with Crippen molar-refractivity contribution in [2.45, 2.75) is 30.6 Å². The number of aromatic nitrogens is 2. The summed E-state index contributed by atoms with van der Waals surface area (Å²) < 4.78 is 75.6. The number of carbonyl (C=O) groups is 1. The second kappa shape index (κ2) is 12.0. The van der Waals surface area contributed by atoms with Gasteiger partial charge in [0.25, 0.3) is 15.9 Å². The topological polar surface area (TPSA) is 120 Å². The number of ether oxygens (including phenoxy) is 1. The van der Waals surface area contributed by atoms with Crippen LogP contribution in [-0.4, -0.2) is 62.0 Å². The number of alkyl halides is 3. The van der Waals surface area contributed by atoms with Crippen LogP contribution in [0.2, 0.25) is 0 Å². The first-order chi connectivity index (χ1) is 22.4. The molecule has 1 saturated heterocycles. The van der Waals surface area contributed by atoms with E-state index in [1.165, 1.54) is 36.5 Å². The molecule has 1 unspecified atom stereocenters. The summed E-state index contributed by atoms with van der Waals surface area (Å²) in [6.07, 6.45) is -2.12. The van der Waals surface area contributed by atoms with Crippen molar-refractivity contribution < 1.29 is 31.1 Å². The van der Waals surface area contributed by atoms with Crippen molar-refractivity contribution in [1.82, 2.24) is 14.9 Å². The fraction of sp³-hybridized carbons (Fsp3) is 0.273. The first kappa shape index (κ1) is 32.0. The summed E-state index contributed by atoms with van der Waals surface area (Å²) in [4.78, 5) is 26.3. The Bertz CT molecular complexity index is 1990. The van der Waals surface area contributed by atoms with Crippen molar-refractivity contribution in [3.8, 4) is 11.8 Å². The average molecular weight is 663 g/mol. The van der Waals surface area contributed by atoms with Gasteiger partial charge in [-0.05, 0) is 61.9 Å². The van der Waals surface area contributed by atoms with Crippen molar-refractivity contribution in [1.29, 1.82) is 5.26 Å². The molecule has 2 aromatic carbocycles. The number of pyridine rings is 2. The number of piperazine rings is 1. The van der Waals surface area contributed by atoms with Crippen molar-refractivity contribution in [3.63, 3.8) is 0 Å². The summed E-state index contributed by atoms with van der Waals surface area (Å²) in [6, 6.07) is 18.7. The molecular formula is C33H29F3N6O4S. The highest BCUT2D eigenvalue weighted by Crippen LogP contribution is 2.53. The number of sulfonamides is 1. The molecule has 2 aliphatic rings. The number of aryl methyl sites for hydroxylation is 1. The lowest BCUT2D eigenvalue weighted by Crippen LogP contribution is -2.60. The molecule has 1 fully saturated rings. The van der Waals surface area contributed by atoms with Crippen LogP contribution in [0.4, 0.5) is 24.5 Å². The molecule has 2 aliphatic heterocycles. The number of nitrogens with zero attached hydrogens (tertiary/aromatic N) is 6. The van der Waals surface area contributed by atoms with E-state index < -0.39 is 33.3 Å². The van der Waals surface area contributed by atoms with Gasteiger partial charge in [-0.2, -0.15) is 31.2 Å². The normalized spacial score (nSPS) is 18.6. The van der Waals surface area contributed by atoms with Crippen molar-refractivity contribution >= 4 is 27.3 Å². The van der Waals surface area contributed by atoms with Gasteiger partial charge in [-0.3, -0.25) is 14.7 Å². The quantitative estimate of drug-likeness (QED) is 0.273. The second-order valence-corrected chi connectivity index (χ2v) is 12.8. The molecule has 6 rings (SSSR count). The largest absolute Gasteiger partial charge is 0.493 e. The van der Waals surface area contributed by atoms with Crippen molar-refractivity contribution in [2.24, 2.45) is 0 Å². The Morgan fingerprint density at radius 3 is 2.38 bits per heavy atom. The molecule has 0 N–H and O–H groups in total. The van der Waals surface area contributed by atoms with Crippen LogP contribution in [0, 0.1) is 18.3 Å². The van der Waals surface area contributed by atoms with Crippen LogP contribution in [0.3, 0.4) is 0 Å². The van der Waals surface area contributed by atoms with Gasteiger partial charge in [-0.15, -0.1) is 0 Å². The minimum absolute atomic E-state index is 0.0639. The first-order valence-electron chi connectivity index (χ1n) is 14.8. The molecule has 242 valence electrons. The zero-order valence-corrected chi connectivity index (χ0v) is 26.2. The minimum atomic E-state index is -4.62. The second-order valence-electron chi connectivity index (χ2n) is 11.1. The van der Waals surface area contributed by atoms with E-state index in [0.29, 0.717) is 17.0 Å². The predicted octanol–water partition coefficient (Wildman–Crippen LogP) is 4.88. The first-order valence-corrected chi connectivity index (χ1v) is 16.2. The van der Waals surface area contributed by atoms with Crippen LogP contribution in [-0.2, 0) is 26.5 Å². The highest BCUT2D eigenvalue weighted by Gasteiger charge is 2.60. The van der Waals surface area contributed by atoms with E-state index in [4.69, 9.17) is 4.74 Å². The lowest BCUT2D eigenvalue weighted by molar-refractivity contribution is -0.141. The van der Waals surface area contributed by atoms with Crippen molar-refractivity contribution in [3.05, 3.63) is 107 Å². The number of hydrogen-bond acceptors (Lipinski definition) is 9. The lowest BCUT2D eigenvalue weighted by atomic mass is 9.80. The highest BCUT2D eigenvalue weighted by atomic mass is 32.2. The van der Waals surface area contributed by atoms with E-state index in [2.05, 4.69) is 16.0 Å². The molecule has 0 radical (unpaired) electrons. The molecule has 0 saturated carbocycles. The summed E-state index contributed by atoms with van der Waals surface area (Å²) in [5, 5.41) is 9.56. The fourth-order valence-corrected chi connectivity index (χ4v) is 7.62. The third-order valence-electron chi connectivity index (χ3n) is 8.35. The summed E-state index contributed by atoms with van der Waals surface area (Å²) >= 11 is 0. The number of para-hydroxylation sites is 1. The summed E-state index contributed by atoms with van der Waals surface area (Å²) in [7, 11) is -4.55. The molecule has 1 atom stereocenters. The van der Waals surface area contributed by atoms with Gasteiger partial charge < -0.3 is 9.64 Å². The lowest BCUT2D eigenvalue weighted by Gasteiger charge is -2.46. The third kappa shape index (κ3) is 5.35. The van der Waals surface area contributed by atoms with E-state index in [-0.39, 0.29) is 54.6 Å².